The first-order valence-corrected chi connectivity index (χ1v) is 14.6. The van der Waals surface area contributed by atoms with E-state index in [1.165, 1.54) is 12.1 Å². The lowest BCUT2D eigenvalue weighted by Crippen LogP contribution is -2.18. The highest BCUT2D eigenvalue weighted by Gasteiger charge is 2.30. The van der Waals surface area contributed by atoms with Gasteiger partial charge < -0.3 is 9.47 Å². The average Bonchev–Trinajstić information content (AvgIpc) is 3.52. The largest absolute Gasteiger partial charge is 0.494 e. The number of azo groups is 1. The number of nitro benzene ring substituents is 1. The Hall–Kier alpha value is -5.64. The van der Waals surface area contributed by atoms with E-state index in [9.17, 15) is 14.9 Å². The first kappa shape index (κ1) is 30.8. The molecule has 5 rings (SSSR count). The maximum atomic E-state index is 11.5. The molecule has 0 bridgehead atoms. The molecule has 0 spiro atoms. The van der Waals surface area contributed by atoms with Crippen LogP contribution in [0, 0.1) is 10.1 Å². The lowest BCUT2D eigenvalue weighted by molar-refractivity contribution is -0.384. The van der Waals surface area contributed by atoms with Crippen molar-refractivity contribution in [3.05, 3.63) is 137 Å². The van der Waals surface area contributed by atoms with Gasteiger partial charge in [-0.3, -0.25) is 15.1 Å². The summed E-state index contributed by atoms with van der Waals surface area (Å²) >= 11 is 0. The molecule has 0 fully saturated rings. The summed E-state index contributed by atoms with van der Waals surface area (Å²) in [4.78, 5) is 21.9. The summed E-state index contributed by atoms with van der Waals surface area (Å²) in [6, 6.07) is 31.8. The molecule has 0 saturated heterocycles. The zero-order valence-electron chi connectivity index (χ0n) is 24.9. The third-order valence-electron chi connectivity index (χ3n) is 7.13. The molecule has 0 radical (unpaired) electrons. The van der Waals surface area contributed by atoms with Gasteiger partial charge in [0.15, 0.2) is 0 Å². The highest BCUT2D eigenvalue weighted by molar-refractivity contribution is 6.03. The molecule has 45 heavy (non-hydrogen) atoms. The van der Waals surface area contributed by atoms with Crippen molar-refractivity contribution in [2.75, 3.05) is 18.2 Å². The number of anilines is 1. The highest BCUT2D eigenvalue weighted by Crippen LogP contribution is 2.38. The van der Waals surface area contributed by atoms with E-state index < -0.39 is 4.92 Å². The van der Waals surface area contributed by atoms with Gasteiger partial charge in [-0.25, -0.2) is 4.79 Å². The summed E-state index contributed by atoms with van der Waals surface area (Å²) in [5.41, 5.74) is 5.66. The van der Waals surface area contributed by atoms with Crippen LogP contribution in [0.25, 0.3) is 0 Å². The van der Waals surface area contributed by atoms with Crippen molar-refractivity contribution in [2.45, 2.75) is 32.2 Å². The van der Waals surface area contributed by atoms with Gasteiger partial charge in [-0.15, -0.1) is 0 Å². The van der Waals surface area contributed by atoms with E-state index in [0.29, 0.717) is 36.6 Å². The molecule has 4 aromatic rings. The van der Waals surface area contributed by atoms with Crippen LogP contribution in [0.3, 0.4) is 0 Å². The summed E-state index contributed by atoms with van der Waals surface area (Å²) in [5, 5.41) is 26.4. The van der Waals surface area contributed by atoms with Crippen LogP contribution < -0.4 is 9.75 Å². The Balaban J connectivity index is 1.25. The van der Waals surface area contributed by atoms with E-state index in [1.54, 1.807) is 19.1 Å². The smallest absolute Gasteiger partial charge is 0.333 e. The molecule has 4 aromatic carbocycles. The number of rotatable bonds is 13. The molecule has 0 N–H and O–H groups in total. The molecule has 1 unspecified atom stereocenters. The molecule has 0 aromatic heterocycles. The molecular weight excluding hydrogens is 570 g/mol. The van der Waals surface area contributed by atoms with Gasteiger partial charge in [-0.1, -0.05) is 49.0 Å². The summed E-state index contributed by atoms with van der Waals surface area (Å²) in [5.74, 6) is 0.405. The quantitative estimate of drug-likeness (QED) is 0.0377. The van der Waals surface area contributed by atoms with Crippen molar-refractivity contribution < 1.29 is 19.2 Å². The van der Waals surface area contributed by atoms with Crippen molar-refractivity contribution in [3.63, 3.8) is 0 Å². The van der Waals surface area contributed by atoms with E-state index in [0.717, 1.165) is 41.1 Å². The fourth-order valence-electron chi connectivity index (χ4n) is 4.71. The van der Waals surface area contributed by atoms with Crippen LogP contribution in [0.2, 0.25) is 0 Å². The second-order valence-corrected chi connectivity index (χ2v) is 10.5. The summed E-state index contributed by atoms with van der Waals surface area (Å²) in [7, 11) is 0. The lowest BCUT2D eigenvalue weighted by atomic mass is 9.98. The van der Waals surface area contributed by atoms with Gasteiger partial charge in [0.25, 0.3) is 5.69 Å². The van der Waals surface area contributed by atoms with Crippen molar-refractivity contribution in [3.8, 4) is 5.75 Å². The van der Waals surface area contributed by atoms with Gasteiger partial charge in [0.1, 0.15) is 5.75 Å². The normalized spacial score (nSPS) is 14.3. The number of carbonyl (C=O) groups excluding carboxylic acids is 1. The number of non-ortho nitro benzene ring substituents is 1. The molecule has 1 atom stereocenters. The third kappa shape index (κ3) is 8.26. The first-order chi connectivity index (χ1) is 21.9. The molecule has 0 saturated carbocycles. The second-order valence-electron chi connectivity index (χ2n) is 10.5. The molecule has 0 aliphatic carbocycles. The Labute approximate surface area is 261 Å². The number of hydrazone groups is 1. The van der Waals surface area contributed by atoms with Crippen LogP contribution in [0.1, 0.15) is 43.4 Å². The number of esters is 1. The van der Waals surface area contributed by atoms with Crippen LogP contribution in [-0.4, -0.2) is 29.8 Å². The summed E-state index contributed by atoms with van der Waals surface area (Å²) < 4.78 is 11.0. The van der Waals surface area contributed by atoms with Crippen LogP contribution in [-0.2, 0) is 9.53 Å². The highest BCUT2D eigenvalue weighted by atomic mass is 16.6. The molecule has 10 nitrogen and oxygen atoms in total. The number of nitro groups is 1. The zero-order chi connectivity index (χ0) is 31.6. The SMILES string of the molecule is C=C(C)C(=O)OCCCCOc1ccc(C2CC(c3ccccc3)=NN2c2ccc(N=Nc3ccc([N+](=O)[O-])cc3)cc2)cc1. The fourth-order valence-corrected chi connectivity index (χ4v) is 4.71. The number of nitrogens with zero attached hydrogens (tertiary/aromatic N) is 5. The number of carbonyl (C=O) groups is 1. The third-order valence-corrected chi connectivity index (χ3v) is 7.13. The van der Waals surface area contributed by atoms with Crippen molar-refractivity contribution in [2.24, 2.45) is 15.3 Å². The van der Waals surface area contributed by atoms with Crippen LogP contribution in [0.4, 0.5) is 22.7 Å². The standard InChI is InChI=1S/C35H33N5O5/c1-25(2)35(41)45-23-7-6-22-44-32-20-10-27(11-21-32)34-24-33(26-8-4-3-5-9-26)38-39(34)30-16-12-28(13-17-30)36-37-29-14-18-31(19-15-29)40(42)43/h3-5,8-21,34H,1,6-7,22-24H2,2H3. The van der Waals surface area contributed by atoms with Crippen molar-refractivity contribution in [1.82, 2.24) is 0 Å². The van der Waals surface area contributed by atoms with Crippen LogP contribution in [0.15, 0.2) is 131 Å². The van der Waals surface area contributed by atoms with Gasteiger partial charge in [0, 0.05) is 24.1 Å². The van der Waals surface area contributed by atoms with E-state index in [1.807, 2.05) is 59.6 Å². The number of benzene rings is 4. The van der Waals surface area contributed by atoms with Gasteiger partial charge in [-0.05, 0) is 79.4 Å². The minimum Gasteiger partial charge on any atom is -0.494 e. The molecular formula is C35H33N5O5. The number of ether oxygens (including phenoxy) is 2. The van der Waals surface area contributed by atoms with E-state index >= 15 is 0 Å². The predicted octanol–water partition coefficient (Wildman–Crippen LogP) is 8.64. The molecule has 228 valence electrons. The number of hydrogen-bond acceptors (Lipinski definition) is 9. The van der Waals surface area contributed by atoms with Gasteiger partial charge in [0.2, 0.25) is 0 Å². The first-order valence-electron chi connectivity index (χ1n) is 14.6. The second kappa shape index (κ2) is 14.7. The topological polar surface area (TPSA) is 119 Å². The maximum absolute atomic E-state index is 11.5. The molecule has 10 heteroatoms. The van der Waals surface area contributed by atoms with Gasteiger partial charge >= 0.3 is 5.97 Å². The number of unbranched alkanes of at least 4 members (excludes halogenated alkanes) is 1. The fraction of sp³-hybridized carbons (Fsp3) is 0.200. The Morgan fingerprint density at radius 1 is 0.911 bits per heavy atom. The Morgan fingerprint density at radius 2 is 1.53 bits per heavy atom. The predicted molar refractivity (Wildman–Crippen MR) is 173 cm³/mol. The van der Waals surface area contributed by atoms with E-state index in [-0.39, 0.29) is 17.7 Å². The minimum atomic E-state index is -0.448. The molecule has 1 aliphatic heterocycles. The Morgan fingerprint density at radius 3 is 2.16 bits per heavy atom. The summed E-state index contributed by atoms with van der Waals surface area (Å²) in [6.45, 7) is 6.08. The van der Waals surface area contributed by atoms with E-state index in [4.69, 9.17) is 14.6 Å². The number of hydrogen-bond donors (Lipinski definition) is 0. The summed E-state index contributed by atoms with van der Waals surface area (Å²) in [6.07, 6.45) is 2.21. The van der Waals surface area contributed by atoms with Crippen molar-refractivity contribution >= 4 is 34.4 Å². The van der Waals surface area contributed by atoms with Gasteiger partial charge in [0.05, 0.1) is 47.0 Å². The van der Waals surface area contributed by atoms with Crippen LogP contribution >= 0.6 is 0 Å². The Bertz CT molecular complexity index is 1690. The molecule has 1 aliphatic rings. The van der Waals surface area contributed by atoms with E-state index in [2.05, 4.69) is 41.1 Å². The zero-order valence-corrected chi connectivity index (χ0v) is 24.9. The molecule has 1 heterocycles. The molecule has 0 amide bonds. The Kier molecular flexibility index (Phi) is 10.1. The van der Waals surface area contributed by atoms with Crippen molar-refractivity contribution in [1.29, 1.82) is 0 Å². The maximum Gasteiger partial charge on any atom is 0.333 e. The average molecular weight is 604 g/mol. The van der Waals surface area contributed by atoms with Gasteiger partial charge in [-0.2, -0.15) is 15.3 Å². The lowest BCUT2D eigenvalue weighted by Gasteiger charge is -2.24. The minimum absolute atomic E-state index is 0.00631. The van der Waals surface area contributed by atoms with Crippen LogP contribution in [0.5, 0.6) is 5.75 Å². The monoisotopic (exact) mass is 603 g/mol.